The maximum Gasteiger partial charge on any atom is 0.297 e. The number of unbranched alkanes of at least 4 members (excludes halogenated alkanes) is 6. The van der Waals surface area contributed by atoms with Crippen LogP contribution in [0.15, 0.2) is 12.3 Å². The van der Waals surface area contributed by atoms with Gasteiger partial charge in [0, 0.05) is 0 Å². The molecule has 0 aliphatic heterocycles. The van der Waals surface area contributed by atoms with Crippen LogP contribution in [-0.4, -0.2) is 6.47 Å². The van der Waals surface area contributed by atoms with Crippen molar-refractivity contribution < 1.29 is 9.53 Å². The van der Waals surface area contributed by atoms with Crippen LogP contribution >= 0.6 is 0 Å². The average molecular weight is 184 g/mol. The first kappa shape index (κ1) is 12.2. The Balaban J connectivity index is 2.94. The van der Waals surface area contributed by atoms with E-state index in [4.69, 9.17) is 0 Å². The monoisotopic (exact) mass is 184 g/mol. The van der Waals surface area contributed by atoms with Crippen molar-refractivity contribution >= 4 is 6.47 Å². The number of hydrogen-bond donors (Lipinski definition) is 0. The molecule has 0 saturated carbocycles. The van der Waals surface area contributed by atoms with E-state index in [9.17, 15) is 4.79 Å². The van der Waals surface area contributed by atoms with Gasteiger partial charge in [0.05, 0.1) is 6.26 Å². The van der Waals surface area contributed by atoms with E-state index in [2.05, 4.69) is 11.7 Å². The van der Waals surface area contributed by atoms with Crippen molar-refractivity contribution in [1.29, 1.82) is 0 Å². The number of allylic oxidation sites excluding steroid dienone is 1. The van der Waals surface area contributed by atoms with E-state index in [1.54, 1.807) is 0 Å². The van der Waals surface area contributed by atoms with Gasteiger partial charge in [-0.1, -0.05) is 39.0 Å². The molecule has 0 unspecified atom stereocenters. The summed E-state index contributed by atoms with van der Waals surface area (Å²) >= 11 is 0. The van der Waals surface area contributed by atoms with Crippen LogP contribution in [0.2, 0.25) is 0 Å². The predicted octanol–water partition coefficient (Wildman–Crippen LogP) is 3.42. The molecule has 0 saturated heterocycles. The van der Waals surface area contributed by atoms with E-state index >= 15 is 0 Å². The maximum absolute atomic E-state index is 9.74. The van der Waals surface area contributed by atoms with Crippen LogP contribution in [0.25, 0.3) is 0 Å². The summed E-state index contributed by atoms with van der Waals surface area (Å²) in [7, 11) is 0. The fourth-order valence-electron chi connectivity index (χ4n) is 1.20. The summed E-state index contributed by atoms with van der Waals surface area (Å²) in [5.74, 6) is 0. The van der Waals surface area contributed by atoms with Gasteiger partial charge in [-0.3, -0.25) is 4.79 Å². The SMILES string of the molecule is CCCCCCCC/C=C\OC=O. The molecule has 0 fully saturated rings. The molecule has 0 aliphatic rings. The number of rotatable bonds is 9. The quantitative estimate of drug-likeness (QED) is 0.312. The summed E-state index contributed by atoms with van der Waals surface area (Å²) in [5.41, 5.74) is 0. The van der Waals surface area contributed by atoms with E-state index in [-0.39, 0.29) is 0 Å². The van der Waals surface area contributed by atoms with Gasteiger partial charge in [0.2, 0.25) is 0 Å². The Morgan fingerprint density at radius 3 is 2.46 bits per heavy atom. The molecule has 0 aliphatic carbocycles. The molecule has 0 heterocycles. The van der Waals surface area contributed by atoms with Crippen molar-refractivity contribution in [2.24, 2.45) is 0 Å². The minimum Gasteiger partial charge on any atom is -0.437 e. The summed E-state index contributed by atoms with van der Waals surface area (Å²) in [4.78, 5) is 9.74. The molecule has 0 N–H and O–H groups in total. The molecule has 0 amide bonds. The minimum absolute atomic E-state index is 0.442. The van der Waals surface area contributed by atoms with E-state index in [0.717, 1.165) is 6.42 Å². The highest BCUT2D eigenvalue weighted by atomic mass is 16.5. The van der Waals surface area contributed by atoms with Gasteiger partial charge < -0.3 is 4.74 Å². The topological polar surface area (TPSA) is 26.3 Å². The van der Waals surface area contributed by atoms with Crippen LogP contribution in [0.5, 0.6) is 0 Å². The molecule has 0 bridgehead atoms. The van der Waals surface area contributed by atoms with Crippen molar-refractivity contribution in [3.63, 3.8) is 0 Å². The van der Waals surface area contributed by atoms with Gasteiger partial charge in [0.1, 0.15) is 0 Å². The molecule has 2 heteroatoms. The van der Waals surface area contributed by atoms with Gasteiger partial charge in [-0.2, -0.15) is 0 Å². The summed E-state index contributed by atoms with van der Waals surface area (Å²) in [5, 5.41) is 0. The second-order valence-corrected chi connectivity index (χ2v) is 3.16. The lowest BCUT2D eigenvalue weighted by atomic mass is 10.1. The summed E-state index contributed by atoms with van der Waals surface area (Å²) < 4.78 is 4.42. The maximum atomic E-state index is 9.74. The molecule has 0 aromatic rings. The fraction of sp³-hybridized carbons (Fsp3) is 0.727. The zero-order chi connectivity index (χ0) is 9.78. The Labute approximate surface area is 81.0 Å². The zero-order valence-electron chi connectivity index (χ0n) is 8.50. The van der Waals surface area contributed by atoms with Crippen molar-refractivity contribution in [1.82, 2.24) is 0 Å². The third-order valence-corrected chi connectivity index (χ3v) is 1.95. The molecule has 0 spiro atoms. The van der Waals surface area contributed by atoms with Crippen LogP contribution < -0.4 is 0 Å². The summed E-state index contributed by atoms with van der Waals surface area (Å²) in [6, 6.07) is 0. The third-order valence-electron chi connectivity index (χ3n) is 1.95. The highest BCUT2D eigenvalue weighted by Crippen LogP contribution is 2.06. The number of carbonyl (C=O) groups is 1. The first-order valence-corrected chi connectivity index (χ1v) is 5.16. The second kappa shape index (κ2) is 11.2. The Morgan fingerprint density at radius 1 is 1.08 bits per heavy atom. The van der Waals surface area contributed by atoms with Crippen LogP contribution in [0, 0.1) is 0 Å². The van der Waals surface area contributed by atoms with E-state index < -0.39 is 0 Å². The van der Waals surface area contributed by atoms with E-state index in [1.807, 2.05) is 6.08 Å². The van der Waals surface area contributed by atoms with Crippen molar-refractivity contribution in [3.8, 4) is 0 Å². The number of hydrogen-bond acceptors (Lipinski definition) is 2. The lowest BCUT2D eigenvalue weighted by Crippen LogP contribution is -1.78. The molecular weight excluding hydrogens is 164 g/mol. The second-order valence-electron chi connectivity index (χ2n) is 3.16. The average Bonchev–Trinajstić information content (AvgIpc) is 2.16. The largest absolute Gasteiger partial charge is 0.437 e. The zero-order valence-corrected chi connectivity index (χ0v) is 8.50. The highest BCUT2D eigenvalue weighted by Gasteiger charge is 1.87. The van der Waals surface area contributed by atoms with Gasteiger partial charge in [0.25, 0.3) is 6.47 Å². The Bertz CT molecular complexity index is 130. The lowest BCUT2D eigenvalue weighted by Gasteiger charge is -1.97. The summed E-state index contributed by atoms with van der Waals surface area (Å²) in [6.07, 6.45) is 12.2. The number of ether oxygens (including phenoxy) is 1. The molecule has 0 aromatic heterocycles. The van der Waals surface area contributed by atoms with Gasteiger partial charge in [-0.15, -0.1) is 0 Å². The molecule has 2 nitrogen and oxygen atoms in total. The normalized spacial score (nSPS) is 10.5. The fourth-order valence-corrected chi connectivity index (χ4v) is 1.20. The lowest BCUT2D eigenvalue weighted by molar-refractivity contribution is -0.123. The highest BCUT2D eigenvalue weighted by molar-refractivity contribution is 5.38. The third kappa shape index (κ3) is 11.2. The molecule has 13 heavy (non-hydrogen) atoms. The van der Waals surface area contributed by atoms with Crippen LogP contribution in [0.1, 0.15) is 51.9 Å². The van der Waals surface area contributed by atoms with Crippen molar-refractivity contribution in [2.45, 2.75) is 51.9 Å². The Kier molecular flexibility index (Phi) is 10.5. The standard InChI is InChI=1S/C11H20O2/c1-2-3-4-5-6-7-8-9-10-13-11-12/h9-11H,2-8H2,1H3/b10-9-. The minimum atomic E-state index is 0.442. The number of carbonyl (C=O) groups excluding carboxylic acids is 1. The first-order chi connectivity index (χ1) is 6.41. The van der Waals surface area contributed by atoms with Crippen LogP contribution in [0.3, 0.4) is 0 Å². The van der Waals surface area contributed by atoms with E-state index in [0.29, 0.717) is 6.47 Å². The molecule has 0 radical (unpaired) electrons. The Hall–Kier alpha value is -0.790. The van der Waals surface area contributed by atoms with Crippen LogP contribution in [-0.2, 0) is 9.53 Å². The molecule has 0 atom stereocenters. The van der Waals surface area contributed by atoms with Gasteiger partial charge in [0.15, 0.2) is 0 Å². The smallest absolute Gasteiger partial charge is 0.297 e. The molecule has 0 rings (SSSR count). The predicted molar refractivity (Wildman–Crippen MR) is 54.3 cm³/mol. The molecule has 0 aromatic carbocycles. The molecular formula is C11H20O2. The van der Waals surface area contributed by atoms with Crippen LogP contribution in [0.4, 0.5) is 0 Å². The van der Waals surface area contributed by atoms with Gasteiger partial charge >= 0.3 is 0 Å². The summed E-state index contributed by atoms with van der Waals surface area (Å²) in [6.45, 7) is 2.66. The molecule has 76 valence electrons. The van der Waals surface area contributed by atoms with Crippen molar-refractivity contribution in [3.05, 3.63) is 12.3 Å². The van der Waals surface area contributed by atoms with E-state index in [1.165, 1.54) is 44.8 Å². The Morgan fingerprint density at radius 2 is 1.77 bits per heavy atom. The first-order valence-electron chi connectivity index (χ1n) is 5.16. The van der Waals surface area contributed by atoms with Gasteiger partial charge in [-0.05, 0) is 18.9 Å². The van der Waals surface area contributed by atoms with Crippen molar-refractivity contribution in [2.75, 3.05) is 0 Å². The van der Waals surface area contributed by atoms with Gasteiger partial charge in [-0.25, -0.2) is 0 Å².